The molecule has 0 N–H and O–H groups in total. The zero-order chi connectivity index (χ0) is 12.4. The summed E-state index contributed by atoms with van der Waals surface area (Å²) in [4.78, 5) is 8.37. The first-order valence-electron chi connectivity index (χ1n) is 5.48. The van der Waals surface area contributed by atoms with Crippen LogP contribution >= 0.6 is 0 Å². The number of aromatic nitrogens is 4. The minimum absolute atomic E-state index is 0.397. The van der Waals surface area contributed by atoms with Crippen molar-refractivity contribution in [3.63, 3.8) is 0 Å². The lowest BCUT2D eigenvalue weighted by molar-refractivity contribution is 0.387. The van der Waals surface area contributed by atoms with Crippen LogP contribution in [-0.4, -0.2) is 20.3 Å². The third-order valence-electron chi connectivity index (χ3n) is 2.37. The molecule has 2 aromatic heterocycles. The van der Waals surface area contributed by atoms with Crippen LogP contribution in [0.2, 0.25) is 0 Å². The van der Waals surface area contributed by atoms with Crippen LogP contribution in [0.25, 0.3) is 11.5 Å². The van der Waals surface area contributed by atoms with Crippen LogP contribution in [0.5, 0.6) is 0 Å². The van der Waals surface area contributed by atoms with Crippen LogP contribution < -0.4 is 0 Å². The van der Waals surface area contributed by atoms with Gasteiger partial charge >= 0.3 is 0 Å². The van der Waals surface area contributed by atoms with E-state index in [0.717, 1.165) is 5.56 Å². The number of hydrogen-bond acceptors (Lipinski definition) is 6. The molecule has 0 aliphatic heterocycles. The van der Waals surface area contributed by atoms with Crippen molar-refractivity contribution in [3.8, 4) is 11.5 Å². The zero-order valence-corrected chi connectivity index (χ0v) is 9.70. The van der Waals surface area contributed by atoms with E-state index < -0.39 is 0 Å². The smallest absolute Gasteiger partial charge is 0.257 e. The van der Waals surface area contributed by atoms with Gasteiger partial charge in [0, 0.05) is 12.5 Å². The predicted octanol–water partition coefficient (Wildman–Crippen LogP) is 2.02. The van der Waals surface area contributed by atoms with E-state index in [1.807, 2.05) is 30.3 Å². The Bertz CT molecular complexity index is 645. The van der Waals surface area contributed by atoms with Gasteiger partial charge in [-0.25, -0.2) is 0 Å². The molecule has 6 nitrogen and oxygen atoms in total. The summed E-state index contributed by atoms with van der Waals surface area (Å²) in [6.45, 7) is 1.74. The molecule has 2 heterocycles. The number of nitrogens with zero attached hydrogens (tertiary/aromatic N) is 4. The van der Waals surface area contributed by atoms with E-state index in [4.69, 9.17) is 9.05 Å². The Morgan fingerprint density at radius 2 is 1.67 bits per heavy atom. The van der Waals surface area contributed by atoms with Crippen LogP contribution in [0.3, 0.4) is 0 Å². The summed E-state index contributed by atoms with van der Waals surface area (Å²) < 4.78 is 10.1. The van der Waals surface area contributed by atoms with E-state index in [1.54, 1.807) is 6.92 Å². The molecule has 3 rings (SSSR count). The molecule has 0 saturated carbocycles. The molecule has 90 valence electrons. The maximum Gasteiger partial charge on any atom is 0.257 e. The first-order valence-corrected chi connectivity index (χ1v) is 5.48. The molecule has 0 saturated heterocycles. The number of aryl methyl sites for hydroxylation is 1. The highest BCUT2D eigenvalue weighted by Crippen LogP contribution is 2.16. The molecular weight excluding hydrogens is 232 g/mol. The summed E-state index contributed by atoms with van der Waals surface area (Å²) in [6.07, 6.45) is 0.397. The molecule has 0 unspecified atom stereocenters. The van der Waals surface area contributed by atoms with Crippen molar-refractivity contribution in [2.75, 3.05) is 0 Å². The molecule has 0 fully saturated rings. The van der Waals surface area contributed by atoms with E-state index in [1.165, 1.54) is 0 Å². The Morgan fingerprint density at radius 1 is 0.944 bits per heavy atom. The monoisotopic (exact) mass is 242 g/mol. The van der Waals surface area contributed by atoms with E-state index in [-0.39, 0.29) is 0 Å². The van der Waals surface area contributed by atoms with Crippen molar-refractivity contribution < 1.29 is 9.05 Å². The third kappa shape index (κ3) is 2.13. The van der Waals surface area contributed by atoms with Crippen molar-refractivity contribution in [2.45, 2.75) is 13.3 Å². The Kier molecular flexibility index (Phi) is 2.60. The first kappa shape index (κ1) is 10.6. The second-order valence-corrected chi connectivity index (χ2v) is 3.79. The van der Waals surface area contributed by atoms with Crippen molar-refractivity contribution >= 4 is 0 Å². The topological polar surface area (TPSA) is 77.8 Å². The molecule has 1 aromatic carbocycles. The highest BCUT2D eigenvalue weighted by atomic mass is 16.5. The average Bonchev–Trinajstić information content (AvgIpc) is 3.01. The van der Waals surface area contributed by atoms with Crippen LogP contribution in [0.1, 0.15) is 17.5 Å². The maximum absolute atomic E-state index is 5.18. The van der Waals surface area contributed by atoms with E-state index in [0.29, 0.717) is 29.9 Å². The number of rotatable bonds is 3. The van der Waals surface area contributed by atoms with Gasteiger partial charge in [-0.1, -0.05) is 28.5 Å². The van der Waals surface area contributed by atoms with Crippen molar-refractivity contribution in [1.29, 1.82) is 0 Å². The summed E-state index contributed by atoms with van der Waals surface area (Å²) in [5.74, 6) is 2.10. The quantitative estimate of drug-likeness (QED) is 0.699. The molecule has 0 bridgehead atoms. The Labute approximate surface area is 103 Å². The van der Waals surface area contributed by atoms with Crippen molar-refractivity contribution in [3.05, 3.63) is 47.9 Å². The van der Waals surface area contributed by atoms with Gasteiger partial charge in [-0.2, -0.15) is 9.97 Å². The SMILES string of the molecule is Cc1nc(Cc2noc(-c3ccccc3)n2)no1. The first-order chi connectivity index (χ1) is 8.81. The molecule has 0 radical (unpaired) electrons. The van der Waals surface area contributed by atoms with Crippen LogP contribution in [-0.2, 0) is 6.42 Å². The van der Waals surface area contributed by atoms with Gasteiger partial charge in [0.15, 0.2) is 11.6 Å². The highest BCUT2D eigenvalue weighted by molar-refractivity contribution is 5.51. The fourth-order valence-electron chi connectivity index (χ4n) is 1.58. The lowest BCUT2D eigenvalue weighted by Gasteiger charge is -1.90. The van der Waals surface area contributed by atoms with E-state index >= 15 is 0 Å². The summed E-state index contributed by atoms with van der Waals surface area (Å²) in [6, 6.07) is 9.60. The third-order valence-corrected chi connectivity index (χ3v) is 2.37. The Balaban J connectivity index is 1.82. The molecule has 0 atom stereocenters. The Morgan fingerprint density at radius 3 is 2.39 bits per heavy atom. The molecule has 0 amide bonds. The molecule has 3 aromatic rings. The van der Waals surface area contributed by atoms with Crippen LogP contribution in [0.4, 0.5) is 0 Å². The fraction of sp³-hybridized carbons (Fsp3) is 0.167. The van der Waals surface area contributed by atoms with Gasteiger partial charge < -0.3 is 9.05 Å². The molecule has 0 aliphatic rings. The summed E-state index contributed by atoms with van der Waals surface area (Å²) in [7, 11) is 0. The fourth-order valence-corrected chi connectivity index (χ4v) is 1.58. The van der Waals surface area contributed by atoms with Gasteiger partial charge in [0.1, 0.15) is 0 Å². The number of hydrogen-bond donors (Lipinski definition) is 0. The van der Waals surface area contributed by atoms with Gasteiger partial charge in [-0.15, -0.1) is 0 Å². The minimum atomic E-state index is 0.397. The maximum atomic E-state index is 5.18. The largest absolute Gasteiger partial charge is 0.340 e. The zero-order valence-electron chi connectivity index (χ0n) is 9.70. The summed E-state index contributed by atoms with van der Waals surface area (Å²) in [5, 5.41) is 7.67. The standard InChI is InChI=1S/C12H10N4O2/c1-8-13-10(15-17-8)7-11-14-12(18-16-11)9-5-3-2-4-6-9/h2-6H,7H2,1H3. The van der Waals surface area contributed by atoms with Gasteiger partial charge in [0.2, 0.25) is 5.89 Å². The number of benzene rings is 1. The van der Waals surface area contributed by atoms with Crippen molar-refractivity contribution in [2.24, 2.45) is 0 Å². The second-order valence-electron chi connectivity index (χ2n) is 3.79. The average molecular weight is 242 g/mol. The van der Waals surface area contributed by atoms with Gasteiger partial charge in [-0.05, 0) is 12.1 Å². The van der Waals surface area contributed by atoms with Gasteiger partial charge in [0.25, 0.3) is 5.89 Å². The minimum Gasteiger partial charge on any atom is -0.340 e. The molecule has 0 aliphatic carbocycles. The van der Waals surface area contributed by atoms with Crippen LogP contribution in [0, 0.1) is 6.92 Å². The highest BCUT2D eigenvalue weighted by Gasteiger charge is 2.11. The summed E-state index contributed by atoms with van der Waals surface area (Å²) >= 11 is 0. The lowest BCUT2D eigenvalue weighted by Crippen LogP contribution is -1.93. The molecule has 0 spiro atoms. The van der Waals surface area contributed by atoms with E-state index in [9.17, 15) is 0 Å². The summed E-state index contributed by atoms with van der Waals surface area (Å²) in [5.41, 5.74) is 0.889. The Hall–Kier alpha value is -2.50. The van der Waals surface area contributed by atoms with Crippen molar-refractivity contribution in [1.82, 2.24) is 20.3 Å². The second kappa shape index (κ2) is 4.40. The van der Waals surface area contributed by atoms with Gasteiger partial charge in [0.05, 0.1) is 6.42 Å². The molecular formula is C12H10N4O2. The molecule has 18 heavy (non-hydrogen) atoms. The normalized spacial score (nSPS) is 10.7. The lowest BCUT2D eigenvalue weighted by atomic mass is 10.2. The molecule has 6 heteroatoms. The van der Waals surface area contributed by atoms with Crippen LogP contribution in [0.15, 0.2) is 39.4 Å². The predicted molar refractivity (Wildman–Crippen MR) is 61.6 cm³/mol. The van der Waals surface area contributed by atoms with Gasteiger partial charge in [-0.3, -0.25) is 0 Å². The van der Waals surface area contributed by atoms with E-state index in [2.05, 4.69) is 20.3 Å².